The van der Waals surface area contributed by atoms with Crippen LogP contribution in [0.5, 0.6) is 0 Å². The van der Waals surface area contributed by atoms with E-state index in [1.807, 2.05) is 30.4 Å². The Bertz CT molecular complexity index is 292. The molecule has 1 aliphatic heterocycles. The molecule has 0 saturated carbocycles. The Labute approximate surface area is 84.2 Å². The van der Waals surface area contributed by atoms with Gasteiger partial charge in [0.25, 0.3) is 0 Å². The molecule has 0 spiro atoms. The number of ether oxygens (including phenoxy) is 2. The smallest absolute Gasteiger partial charge is 0.0994 e. The molecule has 1 atom stereocenters. The first-order valence-electron chi connectivity index (χ1n) is 4.85. The first kappa shape index (κ1) is 9.44. The van der Waals surface area contributed by atoms with E-state index < -0.39 is 0 Å². The predicted octanol–water partition coefficient (Wildman–Crippen LogP) is 2.16. The van der Waals surface area contributed by atoms with Crippen LogP contribution in [0.4, 0.5) is 0 Å². The molecule has 0 unspecified atom stereocenters. The number of hydrogen-bond acceptors (Lipinski definition) is 2. The summed E-state index contributed by atoms with van der Waals surface area (Å²) >= 11 is 0. The van der Waals surface area contributed by atoms with Crippen LogP contribution in [0.1, 0.15) is 5.56 Å². The highest BCUT2D eigenvalue weighted by Gasteiger charge is 2.08. The van der Waals surface area contributed by atoms with Crippen LogP contribution in [0.2, 0.25) is 0 Å². The van der Waals surface area contributed by atoms with E-state index in [0.717, 1.165) is 6.61 Å². The van der Waals surface area contributed by atoms with E-state index in [4.69, 9.17) is 9.47 Å². The molecule has 2 rings (SSSR count). The summed E-state index contributed by atoms with van der Waals surface area (Å²) in [7, 11) is 0. The van der Waals surface area contributed by atoms with Gasteiger partial charge in [-0.2, -0.15) is 0 Å². The Morgan fingerprint density at radius 1 is 1.29 bits per heavy atom. The summed E-state index contributed by atoms with van der Waals surface area (Å²) in [6.07, 6.45) is 4.22. The molecule has 1 heterocycles. The lowest BCUT2D eigenvalue weighted by atomic mass is 10.2. The third-order valence-electron chi connectivity index (χ3n) is 2.15. The lowest BCUT2D eigenvalue weighted by Gasteiger charge is -2.08. The summed E-state index contributed by atoms with van der Waals surface area (Å²) in [4.78, 5) is 0. The summed E-state index contributed by atoms with van der Waals surface area (Å²) in [5.74, 6) is 0. The Morgan fingerprint density at radius 2 is 2.14 bits per heavy atom. The summed E-state index contributed by atoms with van der Waals surface area (Å²) in [6, 6.07) is 10.2. The van der Waals surface area contributed by atoms with Gasteiger partial charge in [-0.05, 0) is 5.56 Å². The van der Waals surface area contributed by atoms with Crippen LogP contribution in [0.25, 0.3) is 0 Å². The minimum Gasteiger partial charge on any atom is -0.374 e. The average molecular weight is 190 g/mol. The fraction of sp³-hybridized carbons (Fsp3) is 0.333. The molecule has 0 amide bonds. The summed E-state index contributed by atoms with van der Waals surface area (Å²) < 4.78 is 10.9. The minimum absolute atomic E-state index is 0.152. The number of hydrogen-bond donors (Lipinski definition) is 0. The summed E-state index contributed by atoms with van der Waals surface area (Å²) in [5.41, 5.74) is 1.20. The third kappa shape index (κ3) is 2.69. The van der Waals surface area contributed by atoms with E-state index in [2.05, 4.69) is 12.1 Å². The highest BCUT2D eigenvalue weighted by atomic mass is 16.5. The van der Waals surface area contributed by atoms with Gasteiger partial charge in [-0.15, -0.1) is 0 Å². The van der Waals surface area contributed by atoms with E-state index in [1.54, 1.807) is 0 Å². The van der Waals surface area contributed by atoms with E-state index in [1.165, 1.54) is 5.56 Å². The van der Waals surface area contributed by atoms with Crippen molar-refractivity contribution in [2.45, 2.75) is 12.7 Å². The molecule has 0 aromatic heterocycles. The van der Waals surface area contributed by atoms with Gasteiger partial charge in [0.1, 0.15) is 0 Å². The molecule has 2 nitrogen and oxygen atoms in total. The maximum Gasteiger partial charge on any atom is 0.0994 e. The van der Waals surface area contributed by atoms with Gasteiger partial charge in [0.15, 0.2) is 0 Å². The highest BCUT2D eigenvalue weighted by Crippen LogP contribution is 2.06. The molecule has 0 aliphatic carbocycles. The van der Waals surface area contributed by atoms with Gasteiger partial charge in [0, 0.05) is 0 Å². The Balaban J connectivity index is 1.70. The van der Waals surface area contributed by atoms with Crippen molar-refractivity contribution in [3.63, 3.8) is 0 Å². The highest BCUT2D eigenvalue weighted by molar-refractivity contribution is 5.13. The largest absolute Gasteiger partial charge is 0.374 e. The second-order valence-corrected chi connectivity index (χ2v) is 3.30. The van der Waals surface area contributed by atoms with Crippen molar-refractivity contribution in [2.75, 3.05) is 13.2 Å². The monoisotopic (exact) mass is 190 g/mol. The van der Waals surface area contributed by atoms with Crippen LogP contribution in [0.15, 0.2) is 42.5 Å². The minimum atomic E-state index is 0.152. The van der Waals surface area contributed by atoms with Gasteiger partial charge < -0.3 is 9.47 Å². The van der Waals surface area contributed by atoms with Gasteiger partial charge in [0.2, 0.25) is 0 Å². The zero-order valence-electron chi connectivity index (χ0n) is 8.06. The van der Waals surface area contributed by atoms with Gasteiger partial charge in [-0.1, -0.05) is 42.5 Å². The van der Waals surface area contributed by atoms with E-state index >= 15 is 0 Å². The summed E-state index contributed by atoms with van der Waals surface area (Å²) in [5, 5.41) is 0. The summed E-state index contributed by atoms with van der Waals surface area (Å²) in [6.45, 7) is 2.03. The van der Waals surface area contributed by atoms with Crippen LogP contribution >= 0.6 is 0 Å². The zero-order chi connectivity index (χ0) is 9.64. The van der Waals surface area contributed by atoms with Gasteiger partial charge >= 0.3 is 0 Å². The SMILES string of the molecule is C1=C[C@H](COCc2ccccc2)OC1. The zero-order valence-corrected chi connectivity index (χ0v) is 8.06. The normalized spacial score (nSPS) is 20.1. The standard InChI is InChI=1S/C12H14O2/c1-2-5-11(6-3-1)9-13-10-12-7-4-8-14-12/h1-7,12H,8-10H2/t12-/m1/s1. The second kappa shape index (κ2) is 4.94. The fourth-order valence-electron chi connectivity index (χ4n) is 1.41. The van der Waals surface area contributed by atoms with Gasteiger partial charge in [0.05, 0.1) is 25.9 Å². The molecule has 0 fully saturated rings. The molecule has 2 heteroatoms. The predicted molar refractivity (Wildman–Crippen MR) is 55.0 cm³/mol. The van der Waals surface area contributed by atoms with Crippen molar-refractivity contribution in [3.05, 3.63) is 48.0 Å². The first-order chi connectivity index (χ1) is 6.95. The van der Waals surface area contributed by atoms with Gasteiger partial charge in [-0.25, -0.2) is 0 Å². The van der Waals surface area contributed by atoms with Crippen LogP contribution in [0, 0.1) is 0 Å². The number of benzene rings is 1. The molecule has 0 radical (unpaired) electrons. The van der Waals surface area contributed by atoms with Crippen molar-refractivity contribution in [1.82, 2.24) is 0 Å². The molecular weight excluding hydrogens is 176 g/mol. The quantitative estimate of drug-likeness (QED) is 0.677. The third-order valence-corrected chi connectivity index (χ3v) is 2.15. The van der Waals surface area contributed by atoms with Crippen LogP contribution in [-0.4, -0.2) is 19.3 Å². The maximum atomic E-state index is 5.53. The van der Waals surface area contributed by atoms with Crippen molar-refractivity contribution in [1.29, 1.82) is 0 Å². The lowest BCUT2D eigenvalue weighted by Crippen LogP contribution is -2.13. The molecule has 1 aromatic rings. The Kier molecular flexibility index (Phi) is 3.33. The molecular formula is C12H14O2. The molecule has 1 aromatic carbocycles. The molecule has 14 heavy (non-hydrogen) atoms. The van der Waals surface area contributed by atoms with E-state index in [-0.39, 0.29) is 6.10 Å². The molecule has 74 valence electrons. The van der Waals surface area contributed by atoms with Crippen molar-refractivity contribution in [3.8, 4) is 0 Å². The Hall–Kier alpha value is -1.12. The molecule has 0 bridgehead atoms. The average Bonchev–Trinajstić information content (AvgIpc) is 2.72. The first-order valence-corrected chi connectivity index (χ1v) is 4.85. The maximum absolute atomic E-state index is 5.53. The van der Waals surface area contributed by atoms with Crippen LogP contribution in [-0.2, 0) is 16.1 Å². The second-order valence-electron chi connectivity index (χ2n) is 3.30. The van der Waals surface area contributed by atoms with E-state index in [0.29, 0.717) is 13.2 Å². The fourth-order valence-corrected chi connectivity index (χ4v) is 1.41. The van der Waals surface area contributed by atoms with Crippen LogP contribution < -0.4 is 0 Å². The Morgan fingerprint density at radius 3 is 2.86 bits per heavy atom. The van der Waals surface area contributed by atoms with Gasteiger partial charge in [-0.3, -0.25) is 0 Å². The van der Waals surface area contributed by atoms with Crippen molar-refractivity contribution < 1.29 is 9.47 Å². The topological polar surface area (TPSA) is 18.5 Å². The van der Waals surface area contributed by atoms with Crippen molar-refractivity contribution in [2.24, 2.45) is 0 Å². The lowest BCUT2D eigenvalue weighted by molar-refractivity contribution is 0.0226. The molecule has 0 saturated heterocycles. The van der Waals surface area contributed by atoms with E-state index in [9.17, 15) is 0 Å². The number of rotatable bonds is 4. The molecule has 1 aliphatic rings. The van der Waals surface area contributed by atoms with Crippen molar-refractivity contribution >= 4 is 0 Å². The molecule has 0 N–H and O–H groups in total. The van der Waals surface area contributed by atoms with Crippen LogP contribution in [0.3, 0.4) is 0 Å².